The molecule has 1 saturated carbocycles. The molecule has 5 heteroatoms. The third-order valence-corrected chi connectivity index (χ3v) is 6.95. The number of H-pyrrole nitrogens is 1. The molecule has 2 aliphatic carbocycles. The van der Waals surface area contributed by atoms with E-state index in [1.54, 1.807) is 0 Å². The van der Waals surface area contributed by atoms with Gasteiger partial charge >= 0.3 is 5.97 Å². The molecule has 2 aliphatic rings. The van der Waals surface area contributed by atoms with Gasteiger partial charge in [-0.25, -0.2) is 4.79 Å². The molecule has 0 aliphatic heterocycles. The predicted molar refractivity (Wildman–Crippen MR) is 126 cm³/mol. The van der Waals surface area contributed by atoms with Gasteiger partial charge in [-0.05, 0) is 61.8 Å². The molecule has 3 aromatic rings. The summed E-state index contributed by atoms with van der Waals surface area (Å²) in [6.07, 6.45) is 6.15. The summed E-state index contributed by atoms with van der Waals surface area (Å²) in [7, 11) is 0. The second-order valence-electron chi connectivity index (χ2n) is 9.23. The first-order chi connectivity index (χ1) is 15.6. The minimum atomic E-state index is -0.289. The molecule has 5 nitrogen and oxygen atoms in total. The maximum absolute atomic E-state index is 11.9. The van der Waals surface area contributed by atoms with Crippen molar-refractivity contribution >= 4 is 5.97 Å². The van der Waals surface area contributed by atoms with Crippen molar-refractivity contribution in [2.45, 2.75) is 58.5 Å². The molecule has 0 spiro atoms. The van der Waals surface area contributed by atoms with Crippen molar-refractivity contribution in [2.24, 2.45) is 5.92 Å². The van der Waals surface area contributed by atoms with Crippen LogP contribution in [0.5, 0.6) is 0 Å². The Kier molecular flexibility index (Phi) is 5.83. The first-order valence-electron chi connectivity index (χ1n) is 11.8. The van der Waals surface area contributed by atoms with Crippen molar-refractivity contribution in [1.29, 1.82) is 0 Å². The number of aromatic nitrogens is 2. The molecule has 0 unspecified atom stereocenters. The fourth-order valence-corrected chi connectivity index (χ4v) is 5.04. The Morgan fingerprint density at radius 1 is 1.12 bits per heavy atom. The van der Waals surface area contributed by atoms with Crippen LogP contribution >= 0.6 is 0 Å². The third-order valence-electron chi connectivity index (χ3n) is 6.95. The zero-order chi connectivity index (χ0) is 22.1. The number of esters is 1. The van der Waals surface area contributed by atoms with E-state index in [1.807, 2.05) is 31.2 Å². The lowest BCUT2D eigenvalue weighted by atomic mass is 9.87. The van der Waals surface area contributed by atoms with Gasteiger partial charge in [0, 0.05) is 35.7 Å². The van der Waals surface area contributed by atoms with E-state index in [9.17, 15) is 4.79 Å². The molecule has 5 rings (SSSR count). The lowest BCUT2D eigenvalue weighted by Crippen LogP contribution is -2.32. The first kappa shape index (κ1) is 21.0. The van der Waals surface area contributed by atoms with Gasteiger partial charge in [-0.1, -0.05) is 37.3 Å². The van der Waals surface area contributed by atoms with Crippen LogP contribution in [0.3, 0.4) is 0 Å². The highest BCUT2D eigenvalue weighted by molar-refractivity contribution is 5.90. The number of benzene rings is 2. The Hall–Kier alpha value is -2.92. The van der Waals surface area contributed by atoms with Gasteiger partial charge < -0.3 is 10.1 Å². The highest BCUT2D eigenvalue weighted by Crippen LogP contribution is 2.40. The van der Waals surface area contributed by atoms with Crippen LogP contribution in [0.1, 0.15) is 66.6 Å². The second-order valence-corrected chi connectivity index (χ2v) is 9.23. The Morgan fingerprint density at radius 3 is 2.66 bits per heavy atom. The SMILES string of the molecule is CCOC(=O)c1ccc(-c2n[nH]c3c2Cc2cc(CNC4CCC(C)CC4)ccc2-3)cc1. The summed E-state index contributed by atoms with van der Waals surface area (Å²) in [6.45, 7) is 5.49. The van der Waals surface area contributed by atoms with E-state index >= 15 is 0 Å². The van der Waals surface area contributed by atoms with E-state index in [0.29, 0.717) is 18.2 Å². The molecule has 1 fully saturated rings. The summed E-state index contributed by atoms with van der Waals surface area (Å²) >= 11 is 0. The van der Waals surface area contributed by atoms with Crippen LogP contribution < -0.4 is 5.32 Å². The third kappa shape index (κ3) is 4.09. The van der Waals surface area contributed by atoms with Gasteiger partial charge in [0.1, 0.15) is 0 Å². The topological polar surface area (TPSA) is 67.0 Å². The standard InChI is InChI=1S/C27H31N3O2/c1-3-32-27(31)20-9-7-19(8-10-20)25-24-15-21-14-18(6-13-23(21)26(24)30-29-25)16-28-22-11-4-17(2)5-12-22/h6-10,13-14,17,22,28H,3-5,11-12,15-16H2,1-2H3,(H,29,30). The van der Waals surface area contributed by atoms with Crippen molar-refractivity contribution in [3.05, 3.63) is 64.7 Å². The molecule has 0 amide bonds. The van der Waals surface area contributed by atoms with Crippen LogP contribution in [-0.2, 0) is 17.7 Å². The van der Waals surface area contributed by atoms with E-state index in [0.717, 1.165) is 35.8 Å². The number of hydrogen-bond donors (Lipinski definition) is 2. The number of hydrogen-bond acceptors (Lipinski definition) is 4. The average Bonchev–Trinajstić information content (AvgIpc) is 3.38. The van der Waals surface area contributed by atoms with E-state index in [4.69, 9.17) is 4.74 Å². The maximum atomic E-state index is 11.9. The molecule has 1 aromatic heterocycles. The van der Waals surface area contributed by atoms with Crippen LogP contribution in [-0.4, -0.2) is 28.8 Å². The molecule has 1 heterocycles. The minimum Gasteiger partial charge on any atom is -0.462 e. The normalized spacial score (nSPS) is 19.4. The van der Waals surface area contributed by atoms with Crippen LogP contribution in [0, 0.1) is 5.92 Å². The maximum Gasteiger partial charge on any atom is 0.338 e. The lowest BCUT2D eigenvalue weighted by Gasteiger charge is -2.27. The van der Waals surface area contributed by atoms with Crippen LogP contribution in [0.25, 0.3) is 22.5 Å². The largest absolute Gasteiger partial charge is 0.462 e. The van der Waals surface area contributed by atoms with Crippen LogP contribution in [0.4, 0.5) is 0 Å². The van der Waals surface area contributed by atoms with Crippen molar-refractivity contribution in [3.8, 4) is 22.5 Å². The smallest absolute Gasteiger partial charge is 0.338 e. The number of ether oxygens (including phenoxy) is 1. The van der Waals surface area contributed by atoms with Crippen molar-refractivity contribution in [2.75, 3.05) is 6.61 Å². The predicted octanol–water partition coefficient (Wildman–Crippen LogP) is 5.49. The van der Waals surface area contributed by atoms with E-state index in [1.165, 1.54) is 47.9 Å². The summed E-state index contributed by atoms with van der Waals surface area (Å²) in [4.78, 5) is 11.9. The number of aromatic amines is 1. The molecular weight excluding hydrogens is 398 g/mol. The molecule has 2 aromatic carbocycles. The van der Waals surface area contributed by atoms with Gasteiger partial charge in [0.15, 0.2) is 0 Å². The zero-order valence-electron chi connectivity index (χ0n) is 18.9. The fourth-order valence-electron chi connectivity index (χ4n) is 5.04. The Bertz CT molecular complexity index is 1110. The quantitative estimate of drug-likeness (QED) is 0.398. The van der Waals surface area contributed by atoms with E-state index in [-0.39, 0.29) is 5.97 Å². The Labute approximate surface area is 189 Å². The highest BCUT2D eigenvalue weighted by Gasteiger charge is 2.25. The number of fused-ring (bicyclic) bond motifs is 3. The number of rotatable bonds is 6. The summed E-state index contributed by atoms with van der Waals surface area (Å²) in [5.41, 5.74) is 8.84. The lowest BCUT2D eigenvalue weighted by molar-refractivity contribution is 0.0526. The monoisotopic (exact) mass is 429 g/mol. The van der Waals surface area contributed by atoms with Crippen LogP contribution in [0.15, 0.2) is 42.5 Å². The summed E-state index contributed by atoms with van der Waals surface area (Å²) < 4.78 is 5.08. The van der Waals surface area contributed by atoms with E-state index < -0.39 is 0 Å². The van der Waals surface area contributed by atoms with E-state index in [2.05, 4.69) is 40.6 Å². The second kappa shape index (κ2) is 8.91. The van der Waals surface area contributed by atoms with Gasteiger partial charge in [-0.15, -0.1) is 0 Å². The summed E-state index contributed by atoms with van der Waals surface area (Å²) in [5, 5.41) is 11.6. The number of nitrogens with one attached hydrogen (secondary N) is 2. The van der Waals surface area contributed by atoms with Crippen molar-refractivity contribution in [1.82, 2.24) is 15.5 Å². The van der Waals surface area contributed by atoms with Crippen LogP contribution in [0.2, 0.25) is 0 Å². The molecule has 0 atom stereocenters. The van der Waals surface area contributed by atoms with Crippen molar-refractivity contribution in [3.63, 3.8) is 0 Å². The molecule has 32 heavy (non-hydrogen) atoms. The number of carbonyl (C=O) groups excluding carboxylic acids is 1. The van der Waals surface area contributed by atoms with Gasteiger partial charge in [-0.3, -0.25) is 5.10 Å². The number of nitrogens with zero attached hydrogens (tertiary/aromatic N) is 1. The molecule has 2 N–H and O–H groups in total. The van der Waals surface area contributed by atoms with Gasteiger partial charge in [0.05, 0.1) is 23.6 Å². The van der Waals surface area contributed by atoms with Gasteiger partial charge in [0.25, 0.3) is 0 Å². The fraction of sp³-hybridized carbons (Fsp3) is 0.407. The molecule has 0 bridgehead atoms. The highest BCUT2D eigenvalue weighted by atomic mass is 16.5. The van der Waals surface area contributed by atoms with Crippen molar-refractivity contribution < 1.29 is 9.53 Å². The number of carbonyl (C=O) groups is 1. The average molecular weight is 430 g/mol. The Morgan fingerprint density at radius 2 is 1.91 bits per heavy atom. The van der Waals surface area contributed by atoms with Gasteiger partial charge in [0.2, 0.25) is 0 Å². The van der Waals surface area contributed by atoms with Gasteiger partial charge in [-0.2, -0.15) is 5.10 Å². The molecule has 0 radical (unpaired) electrons. The zero-order valence-corrected chi connectivity index (χ0v) is 18.9. The molecule has 166 valence electrons. The summed E-state index contributed by atoms with van der Waals surface area (Å²) in [6, 6.07) is 15.0. The Balaban J connectivity index is 1.29. The summed E-state index contributed by atoms with van der Waals surface area (Å²) in [5.74, 6) is 0.591. The first-order valence-corrected chi connectivity index (χ1v) is 11.8. The minimum absolute atomic E-state index is 0.289. The molecule has 0 saturated heterocycles. The molecular formula is C27H31N3O2.